The number of guanidine groups is 1. The second kappa shape index (κ2) is 13.3. The van der Waals surface area contributed by atoms with Crippen molar-refractivity contribution in [1.29, 1.82) is 0 Å². The number of aliphatic hydroxyl groups is 1. The number of hydrogen-bond acceptors (Lipinski definition) is 7. The molecule has 0 spiro atoms. The molecule has 0 bridgehead atoms. The molecule has 4 atom stereocenters. The number of nitrogens with zero attached hydrogens (tertiary/aromatic N) is 1. The number of nitrogens with one attached hydrogen (secondary N) is 3. The van der Waals surface area contributed by atoms with Crippen LogP contribution in [0.5, 0.6) is 0 Å². The Kier molecular flexibility index (Phi) is 12.0. The third-order valence-electron chi connectivity index (χ3n) is 4.15. The van der Waals surface area contributed by atoms with E-state index >= 15 is 0 Å². The Morgan fingerprint density at radius 1 is 0.933 bits per heavy atom. The van der Waals surface area contributed by atoms with Crippen molar-refractivity contribution in [1.82, 2.24) is 16.0 Å². The molecule has 0 aromatic rings. The van der Waals surface area contributed by atoms with Crippen LogP contribution < -0.4 is 33.2 Å². The lowest BCUT2D eigenvalue weighted by Crippen LogP contribution is -2.57. The zero-order valence-corrected chi connectivity index (χ0v) is 17.4. The number of carboxylic acids is 1. The lowest BCUT2D eigenvalue weighted by Gasteiger charge is -2.24. The second-order valence-electron chi connectivity index (χ2n) is 7.09. The fourth-order valence-corrected chi connectivity index (χ4v) is 2.20. The highest BCUT2D eigenvalue weighted by Gasteiger charge is 2.28. The third kappa shape index (κ3) is 10.0. The summed E-state index contributed by atoms with van der Waals surface area (Å²) in [6.07, 6.45) is 0.529. The van der Waals surface area contributed by atoms with Gasteiger partial charge in [-0.15, -0.1) is 0 Å². The molecule has 0 aromatic heterocycles. The van der Waals surface area contributed by atoms with Gasteiger partial charge in [0.15, 0.2) is 5.96 Å². The summed E-state index contributed by atoms with van der Waals surface area (Å²) >= 11 is 0. The molecule has 0 unspecified atom stereocenters. The van der Waals surface area contributed by atoms with Crippen molar-refractivity contribution in [3.63, 3.8) is 0 Å². The maximum atomic E-state index is 12.6. The van der Waals surface area contributed by atoms with Crippen molar-refractivity contribution in [3.8, 4) is 0 Å². The number of carbonyl (C=O) groups is 4. The highest BCUT2D eigenvalue weighted by molar-refractivity contribution is 5.93. The summed E-state index contributed by atoms with van der Waals surface area (Å²) in [5.74, 6) is -3.69. The normalized spacial score (nSPS) is 14.7. The van der Waals surface area contributed by atoms with E-state index in [1.165, 1.54) is 6.92 Å². The Balaban J connectivity index is 5.10. The first-order chi connectivity index (χ1) is 13.9. The van der Waals surface area contributed by atoms with Gasteiger partial charge in [0, 0.05) is 6.54 Å². The highest BCUT2D eigenvalue weighted by atomic mass is 16.4. The van der Waals surface area contributed by atoms with Crippen LogP contribution >= 0.6 is 0 Å². The van der Waals surface area contributed by atoms with Crippen LogP contribution in [0.2, 0.25) is 0 Å². The minimum absolute atomic E-state index is 0.107. The lowest BCUT2D eigenvalue weighted by molar-refractivity contribution is -0.143. The number of nitrogens with two attached hydrogens (primary N) is 3. The molecule has 3 amide bonds. The Morgan fingerprint density at radius 2 is 1.50 bits per heavy atom. The van der Waals surface area contributed by atoms with Crippen molar-refractivity contribution in [2.24, 2.45) is 28.1 Å². The quantitative estimate of drug-likeness (QED) is 0.0821. The lowest BCUT2D eigenvalue weighted by atomic mass is 10.0. The zero-order valence-electron chi connectivity index (χ0n) is 17.4. The van der Waals surface area contributed by atoms with Crippen LogP contribution in [0.3, 0.4) is 0 Å². The Hall–Kier alpha value is -2.93. The maximum Gasteiger partial charge on any atom is 0.328 e. The average Bonchev–Trinajstić information content (AvgIpc) is 2.66. The van der Waals surface area contributed by atoms with E-state index < -0.39 is 54.5 Å². The number of aliphatic imine (C=N–C) groups is 1. The topological polar surface area (TPSA) is 235 Å². The SMILES string of the molecule is CC(C)[C@H](N)C(=O)N[C@@H](CCCN=C(N)N)C(=O)N[C@@H](C)C(=O)N[C@@H](CO)C(=O)O. The Labute approximate surface area is 174 Å². The molecular weight excluding hydrogens is 398 g/mol. The van der Waals surface area contributed by atoms with E-state index in [-0.39, 0.29) is 24.8 Å². The third-order valence-corrected chi connectivity index (χ3v) is 4.15. The molecule has 0 aliphatic rings. The monoisotopic (exact) mass is 431 g/mol. The van der Waals surface area contributed by atoms with Crippen molar-refractivity contribution in [3.05, 3.63) is 0 Å². The Morgan fingerprint density at radius 3 is 1.97 bits per heavy atom. The molecule has 13 nitrogen and oxygen atoms in total. The predicted molar refractivity (Wildman–Crippen MR) is 109 cm³/mol. The number of hydrogen-bond donors (Lipinski definition) is 8. The fraction of sp³-hybridized carbons (Fsp3) is 0.706. The van der Waals surface area contributed by atoms with E-state index in [1.807, 2.05) is 0 Å². The smallest absolute Gasteiger partial charge is 0.328 e. The first-order valence-electron chi connectivity index (χ1n) is 9.46. The van der Waals surface area contributed by atoms with E-state index in [4.69, 9.17) is 27.4 Å². The molecule has 11 N–H and O–H groups in total. The maximum absolute atomic E-state index is 12.6. The Bertz CT molecular complexity index is 636. The molecule has 0 heterocycles. The largest absolute Gasteiger partial charge is 0.480 e. The first kappa shape index (κ1) is 27.1. The van der Waals surface area contributed by atoms with Crippen LogP contribution in [0, 0.1) is 5.92 Å². The summed E-state index contributed by atoms with van der Waals surface area (Å²) in [5, 5.41) is 24.9. The minimum atomic E-state index is -1.50. The van der Waals surface area contributed by atoms with Crippen molar-refractivity contribution >= 4 is 29.7 Å². The molecule has 172 valence electrons. The van der Waals surface area contributed by atoms with Crippen LogP contribution in [0.15, 0.2) is 4.99 Å². The molecule has 0 aromatic carbocycles. The predicted octanol–water partition coefficient (Wildman–Crippen LogP) is -3.43. The van der Waals surface area contributed by atoms with Crippen LogP contribution in [0.4, 0.5) is 0 Å². The fourth-order valence-electron chi connectivity index (χ4n) is 2.20. The molecule has 0 saturated carbocycles. The van der Waals surface area contributed by atoms with Gasteiger partial charge in [-0.05, 0) is 25.7 Å². The molecule has 0 saturated heterocycles. The van der Waals surface area contributed by atoms with E-state index in [0.29, 0.717) is 6.42 Å². The minimum Gasteiger partial charge on any atom is -0.480 e. The van der Waals surface area contributed by atoms with Gasteiger partial charge in [-0.25, -0.2) is 4.79 Å². The number of carboxylic acid groups (broad SMARTS) is 1. The van der Waals surface area contributed by atoms with Gasteiger partial charge < -0.3 is 43.4 Å². The molecular formula is C17H33N7O6. The van der Waals surface area contributed by atoms with Crippen LogP contribution in [0.25, 0.3) is 0 Å². The van der Waals surface area contributed by atoms with Gasteiger partial charge >= 0.3 is 5.97 Å². The second-order valence-corrected chi connectivity index (χ2v) is 7.09. The average molecular weight is 431 g/mol. The summed E-state index contributed by atoms with van der Waals surface area (Å²) in [7, 11) is 0. The molecule has 13 heteroatoms. The molecule has 0 fully saturated rings. The zero-order chi connectivity index (χ0) is 23.4. The number of rotatable bonds is 13. The van der Waals surface area contributed by atoms with Crippen molar-refractivity contribution in [2.75, 3.05) is 13.2 Å². The number of aliphatic hydroxyl groups excluding tert-OH is 1. The summed E-state index contributed by atoms with van der Waals surface area (Å²) in [6.45, 7) is 4.26. The van der Waals surface area contributed by atoms with Crippen molar-refractivity contribution in [2.45, 2.75) is 57.8 Å². The van der Waals surface area contributed by atoms with Crippen LogP contribution in [0.1, 0.15) is 33.6 Å². The summed E-state index contributed by atoms with van der Waals surface area (Å²) < 4.78 is 0. The molecule has 0 rings (SSSR count). The van der Waals surface area contributed by atoms with Gasteiger partial charge in [-0.3, -0.25) is 19.4 Å². The van der Waals surface area contributed by atoms with Crippen LogP contribution in [-0.2, 0) is 19.2 Å². The first-order valence-corrected chi connectivity index (χ1v) is 9.46. The van der Waals surface area contributed by atoms with E-state index in [9.17, 15) is 19.2 Å². The van der Waals surface area contributed by atoms with E-state index in [2.05, 4.69) is 20.9 Å². The summed E-state index contributed by atoms with van der Waals surface area (Å²) in [5.41, 5.74) is 16.3. The summed E-state index contributed by atoms with van der Waals surface area (Å²) in [4.78, 5) is 51.7. The molecule has 30 heavy (non-hydrogen) atoms. The molecule has 0 aliphatic heterocycles. The van der Waals surface area contributed by atoms with Gasteiger partial charge in [0.05, 0.1) is 12.6 Å². The number of carbonyl (C=O) groups excluding carboxylic acids is 3. The summed E-state index contributed by atoms with van der Waals surface area (Å²) in [6, 6.07) is -4.47. The van der Waals surface area contributed by atoms with Gasteiger partial charge in [-0.2, -0.15) is 0 Å². The molecule has 0 aliphatic carbocycles. The van der Waals surface area contributed by atoms with Crippen molar-refractivity contribution < 1.29 is 29.4 Å². The molecule has 0 radical (unpaired) electrons. The number of aliphatic carboxylic acids is 1. The van der Waals surface area contributed by atoms with Gasteiger partial charge in [-0.1, -0.05) is 13.8 Å². The van der Waals surface area contributed by atoms with E-state index in [0.717, 1.165) is 0 Å². The van der Waals surface area contributed by atoms with Gasteiger partial charge in [0.1, 0.15) is 18.1 Å². The van der Waals surface area contributed by atoms with E-state index in [1.54, 1.807) is 13.8 Å². The standard InChI is InChI=1S/C17H33N7O6/c1-8(2)12(18)15(28)23-10(5-4-6-21-17(19)20)14(27)22-9(3)13(26)24-11(7-25)16(29)30/h8-12,25H,4-7,18H2,1-3H3,(H,22,27)(H,23,28)(H,24,26)(H,29,30)(H4,19,20,21)/t9-,10-,11-,12-/m0/s1. The van der Waals surface area contributed by atoms with Gasteiger partial charge in [0.2, 0.25) is 17.7 Å². The van der Waals surface area contributed by atoms with Crippen LogP contribution in [-0.4, -0.2) is 77.2 Å². The highest BCUT2D eigenvalue weighted by Crippen LogP contribution is 2.04. The number of amides is 3. The van der Waals surface area contributed by atoms with Gasteiger partial charge in [0.25, 0.3) is 0 Å².